The van der Waals surface area contributed by atoms with Gasteiger partial charge in [0.25, 0.3) is 5.91 Å². The maximum absolute atomic E-state index is 12.6. The number of thioether (sulfide) groups is 1. The van der Waals surface area contributed by atoms with Crippen molar-refractivity contribution < 1.29 is 14.3 Å². The summed E-state index contributed by atoms with van der Waals surface area (Å²) in [5.74, 6) is 4.69. The van der Waals surface area contributed by atoms with Crippen LogP contribution in [0.25, 0.3) is 10.2 Å². The molecular formula is C20H16N2O3S2. The standard InChI is InChI=1S/C20H16N2O3S2/c1-3-9-22-15-10-16-17(25-12-24-16)11-18(15)27-20(22)21-19(23)13-5-7-14(8-6-13)26-4-2/h1,5-8,10-11H,4,9,12H2,2H3. The number of amides is 1. The van der Waals surface area contributed by atoms with E-state index in [1.54, 1.807) is 23.9 Å². The van der Waals surface area contributed by atoms with Crippen LogP contribution in [0.3, 0.4) is 0 Å². The highest BCUT2D eigenvalue weighted by Crippen LogP contribution is 2.36. The Morgan fingerprint density at radius 2 is 2.04 bits per heavy atom. The van der Waals surface area contributed by atoms with E-state index in [4.69, 9.17) is 15.9 Å². The van der Waals surface area contributed by atoms with Crippen LogP contribution < -0.4 is 14.3 Å². The van der Waals surface area contributed by atoms with Crippen LogP contribution in [0.2, 0.25) is 0 Å². The molecule has 0 saturated heterocycles. The highest BCUT2D eigenvalue weighted by Gasteiger charge is 2.18. The molecule has 4 rings (SSSR count). The predicted molar refractivity (Wildman–Crippen MR) is 108 cm³/mol. The number of ether oxygens (including phenoxy) is 2. The summed E-state index contributed by atoms with van der Waals surface area (Å²) in [5.41, 5.74) is 1.43. The van der Waals surface area contributed by atoms with Gasteiger partial charge >= 0.3 is 0 Å². The van der Waals surface area contributed by atoms with Crippen molar-refractivity contribution in [2.75, 3.05) is 12.5 Å². The van der Waals surface area contributed by atoms with Gasteiger partial charge in [-0.25, -0.2) is 0 Å². The number of rotatable bonds is 4. The molecule has 3 aromatic rings. The second kappa shape index (κ2) is 7.51. The molecule has 0 spiro atoms. The summed E-state index contributed by atoms with van der Waals surface area (Å²) in [6, 6.07) is 11.3. The molecule has 0 bridgehead atoms. The van der Waals surface area contributed by atoms with Crippen LogP contribution in [0.15, 0.2) is 46.3 Å². The van der Waals surface area contributed by atoms with Gasteiger partial charge in [0.1, 0.15) is 0 Å². The number of terminal acetylenes is 1. The van der Waals surface area contributed by atoms with Crippen LogP contribution in [0, 0.1) is 12.3 Å². The fourth-order valence-corrected chi connectivity index (χ4v) is 4.50. The number of hydrogen-bond donors (Lipinski definition) is 0. The Morgan fingerprint density at radius 1 is 1.30 bits per heavy atom. The van der Waals surface area contributed by atoms with Crippen molar-refractivity contribution in [3.05, 3.63) is 46.8 Å². The van der Waals surface area contributed by atoms with Gasteiger partial charge in [-0.15, -0.1) is 18.2 Å². The first kappa shape index (κ1) is 17.7. The third kappa shape index (κ3) is 3.46. The Kier molecular flexibility index (Phi) is 4.92. The number of fused-ring (bicyclic) bond motifs is 2. The zero-order chi connectivity index (χ0) is 18.8. The van der Waals surface area contributed by atoms with Gasteiger partial charge in [0.15, 0.2) is 16.3 Å². The largest absolute Gasteiger partial charge is 0.454 e. The van der Waals surface area contributed by atoms with Gasteiger partial charge in [-0.05, 0) is 30.0 Å². The van der Waals surface area contributed by atoms with Gasteiger partial charge in [-0.3, -0.25) is 4.79 Å². The highest BCUT2D eigenvalue weighted by atomic mass is 32.2. The lowest BCUT2D eigenvalue weighted by Gasteiger charge is -2.02. The van der Waals surface area contributed by atoms with Gasteiger partial charge in [-0.2, -0.15) is 4.99 Å². The predicted octanol–water partition coefficient (Wildman–Crippen LogP) is 3.92. The molecule has 1 aliphatic heterocycles. The highest BCUT2D eigenvalue weighted by molar-refractivity contribution is 7.99. The summed E-state index contributed by atoms with van der Waals surface area (Å²) in [6.45, 7) is 2.62. The zero-order valence-corrected chi connectivity index (χ0v) is 16.2. The van der Waals surface area contributed by atoms with Crippen LogP contribution in [-0.2, 0) is 6.54 Å². The molecule has 1 amide bonds. The molecule has 0 saturated carbocycles. The van der Waals surface area contributed by atoms with E-state index < -0.39 is 0 Å². The average Bonchev–Trinajstić information content (AvgIpc) is 3.25. The minimum atomic E-state index is -0.291. The summed E-state index contributed by atoms with van der Waals surface area (Å²) in [6.07, 6.45) is 5.53. The van der Waals surface area contributed by atoms with Crippen molar-refractivity contribution in [2.24, 2.45) is 4.99 Å². The molecule has 136 valence electrons. The second-order valence-corrected chi connectivity index (χ2v) is 8.07. The summed E-state index contributed by atoms with van der Waals surface area (Å²) in [7, 11) is 0. The molecule has 0 fully saturated rings. The van der Waals surface area contributed by atoms with Gasteiger partial charge in [0, 0.05) is 22.6 Å². The molecule has 0 N–H and O–H groups in total. The van der Waals surface area contributed by atoms with Crippen molar-refractivity contribution in [1.29, 1.82) is 0 Å². The Hall–Kier alpha value is -2.69. The number of carbonyl (C=O) groups excluding carboxylic acids is 1. The number of thiazole rings is 1. The van der Waals surface area contributed by atoms with E-state index >= 15 is 0 Å². The summed E-state index contributed by atoms with van der Waals surface area (Å²) in [5, 5.41) is 0. The average molecular weight is 396 g/mol. The topological polar surface area (TPSA) is 52.8 Å². The SMILES string of the molecule is C#CCn1c(=NC(=O)c2ccc(SCC)cc2)sc2cc3c(cc21)OCO3. The Morgan fingerprint density at radius 3 is 2.74 bits per heavy atom. The van der Waals surface area contributed by atoms with Gasteiger partial charge in [-0.1, -0.05) is 24.2 Å². The molecule has 0 atom stereocenters. The normalized spacial score (nSPS) is 13.1. The maximum atomic E-state index is 12.6. The van der Waals surface area contributed by atoms with E-state index in [-0.39, 0.29) is 12.7 Å². The molecule has 0 radical (unpaired) electrons. The summed E-state index contributed by atoms with van der Waals surface area (Å²) < 4.78 is 13.7. The van der Waals surface area contributed by atoms with Gasteiger partial charge < -0.3 is 14.0 Å². The molecule has 27 heavy (non-hydrogen) atoms. The number of benzene rings is 2. The lowest BCUT2D eigenvalue weighted by atomic mass is 10.2. The first-order valence-corrected chi connectivity index (χ1v) is 10.2. The quantitative estimate of drug-likeness (QED) is 0.496. The maximum Gasteiger partial charge on any atom is 0.279 e. The number of nitrogens with zero attached hydrogens (tertiary/aromatic N) is 2. The van der Waals surface area contributed by atoms with E-state index in [9.17, 15) is 4.79 Å². The fraction of sp³-hybridized carbons (Fsp3) is 0.200. The van der Waals surface area contributed by atoms with Crippen LogP contribution in [0.4, 0.5) is 0 Å². The molecule has 2 heterocycles. The second-order valence-electron chi connectivity index (χ2n) is 5.72. The van der Waals surface area contributed by atoms with Crippen molar-refractivity contribution in [3.8, 4) is 23.8 Å². The monoisotopic (exact) mass is 396 g/mol. The van der Waals surface area contributed by atoms with Crippen LogP contribution in [0.5, 0.6) is 11.5 Å². The molecule has 7 heteroatoms. The lowest BCUT2D eigenvalue weighted by Crippen LogP contribution is -2.16. The van der Waals surface area contributed by atoms with Crippen molar-refractivity contribution in [1.82, 2.24) is 4.57 Å². The van der Waals surface area contributed by atoms with Gasteiger partial charge in [0.05, 0.1) is 16.8 Å². The zero-order valence-electron chi connectivity index (χ0n) is 14.6. The minimum absolute atomic E-state index is 0.212. The summed E-state index contributed by atoms with van der Waals surface area (Å²) in [4.78, 5) is 18.7. The smallest absolute Gasteiger partial charge is 0.279 e. The number of aromatic nitrogens is 1. The third-order valence-corrected chi connectivity index (χ3v) is 5.97. The van der Waals surface area contributed by atoms with Crippen LogP contribution in [-0.4, -0.2) is 23.0 Å². The number of carbonyl (C=O) groups is 1. The van der Waals surface area contributed by atoms with E-state index in [0.29, 0.717) is 28.4 Å². The molecule has 1 aromatic heterocycles. The number of hydrogen-bond acceptors (Lipinski definition) is 5. The van der Waals surface area contributed by atoms with E-state index in [0.717, 1.165) is 20.9 Å². The minimum Gasteiger partial charge on any atom is -0.454 e. The Labute approximate surface area is 164 Å². The Balaban J connectivity index is 1.76. The van der Waals surface area contributed by atoms with E-state index in [1.807, 2.05) is 28.8 Å². The van der Waals surface area contributed by atoms with Crippen molar-refractivity contribution >= 4 is 39.2 Å². The molecule has 0 unspecified atom stereocenters. The van der Waals surface area contributed by atoms with Crippen molar-refractivity contribution in [2.45, 2.75) is 18.4 Å². The van der Waals surface area contributed by atoms with Crippen molar-refractivity contribution in [3.63, 3.8) is 0 Å². The molecule has 2 aromatic carbocycles. The molecule has 0 aliphatic carbocycles. The van der Waals surface area contributed by atoms with Crippen LogP contribution in [0.1, 0.15) is 17.3 Å². The fourth-order valence-electron chi connectivity index (χ4n) is 2.80. The lowest BCUT2D eigenvalue weighted by molar-refractivity contribution is 0.0998. The summed E-state index contributed by atoms with van der Waals surface area (Å²) >= 11 is 3.14. The third-order valence-electron chi connectivity index (χ3n) is 4.04. The molecular weight excluding hydrogens is 380 g/mol. The van der Waals surface area contributed by atoms with E-state index in [2.05, 4.69) is 17.8 Å². The van der Waals surface area contributed by atoms with Gasteiger partial charge in [0.2, 0.25) is 6.79 Å². The first-order valence-electron chi connectivity index (χ1n) is 8.38. The Bertz CT molecular complexity index is 1120. The molecule has 1 aliphatic rings. The first-order chi connectivity index (χ1) is 13.2. The van der Waals surface area contributed by atoms with Crippen LogP contribution >= 0.6 is 23.1 Å². The molecule has 5 nitrogen and oxygen atoms in total. The van der Waals surface area contributed by atoms with E-state index in [1.165, 1.54) is 11.3 Å².